The van der Waals surface area contributed by atoms with Gasteiger partial charge >= 0.3 is 0 Å². The predicted octanol–water partition coefficient (Wildman–Crippen LogP) is 5.76. The zero-order chi connectivity index (χ0) is 22.8. The zero-order valence-corrected chi connectivity index (χ0v) is 19.3. The second-order valence-electron chi connectivity index (χ2n) is 8.49. The molecule has 1 aliphatic rings. The highest BCUT2D eigenvalue weighted by molar-refractivity contribution is 7.14. The number of fused-ring (bicyclic) bond motifs is 1. The molecule has 166 valence electrons. The maximum Gasteiger partial charge on any atom is 0.254 e. The Bertz CT molecular complexity index is 1300. The number of carbonyl (C=O) groups excluding carboxylic acids is 2. The number of carbonyl (C=O) groups is 2. The second-order valence-corrected chi connectivity index (χ2v) is 9.34. The summed E-state index contributed by atoms with van der Waals surface area (Å²) in [5, 5.41) is 7.59. The van der Waals surface area contributed by atoms with Gasteiger partial charge in [-0.3, -0.25) is 9.59 Å². The van der Waals surface area contributed by atoms with E-state index in [1.165, 1.54) is 16.9 Å². The first-order valence-electron chi connectivity index (χ1n) is 11.2. The summed E-state index contributed by atoms with van der Waals surface area (Å²) in [6.45, 7) is 3.21. The molecule has 5 nitrogen and oxygen atoms in total. The van der Waals surface area contributed by atoms with Gasteiger partial charge in [-0.05, 0) is 36.6 Å². The molecule has 2 amide bonds. The van der Waals surface area contributed by atoms with Crippen molar-refractivity contribution in [1.29, 1.82) is 0 Å². The number of hydrogen-bond donors (Lipinski definition) is 1. The summed E-state index contributed by atoms with van der Waals surface area (Å²) in [5.41, 5.74) is 3.83. The molecule has 1 fully saturated rings. The number of hydrogen-bond acceptors (Lipinski definition) is 4. The maximum absolute atomic E-state index is 13.2. The van der Waals surface area contributed by atoms with E-state index in [9.17, 15) is 9.59 Å². The van der Waals surface area contributed by atoms with E-state index in [-0.39, 0.29) is 17.7 Å². The molecule has 0 radical (unpaired) electrons. The van der Waals surface area contributed by atoms with Crippen molar-refractivity contribution < 1.29 is 9.59 Å². The molecule has 1 N–H and O–H groups in total. The van der Waals surface area contributed by atoms with Gasteiger partial charge in [0.1, 0.15) is 0 Å². The van der Waals surface area contributed by atoms with E-state index < -0.39 is 0 Å². The van der Waals surface area contributed by atoms with Crippen molar-refractivity contribution in [3.63, 3.8) is 0 Å². The van der Waals surface area contributed by atoms with Crippen molar-refractivity contribution in [1.82, 2.24) is 9.88 Å². The Kier molecular flexibility index (Phi) is 5.92. The summed E-state index contributed by atoms with van der Waals surface area (Å²) < 4.78 is 0. The van der Waals surface area contributed by atoms with Crippen LogP contribution in [0.15, 0.2) is 72.1 Å². The van der Waals surface area contributed by atoms with Gasteiger partial charge in [0.2, 0.25) is 5.91 Å². The lowest BCUT2D eigenvalue weighted by atomic mass is 9.95. The molecule has 0 atom stereocenters. The molecule has 0 aliphatic carbocycles. The van der Waals surface area contributed by atoms with Crippen molar-refractivity contribution in [2.24, 2.45) is 5.92 Å². The Labute approximate surface area is 197 Å². The third-order valence-electron chi connectivity index (χ3n) is 6.25. The summed E-state index contributed by atoms with van der Waals surface area (Å²) in [4.78, 5) is 32.4. The van der Waals surface area contributed by atoms with Crippen LogP contribution in [-0.2, 0) is 4.79 Å². The van der Waals surface area contributed by atoms with Crippen LogP contribution >= 0.6 is 11.3 Å². The zero-order valence-electron chi connectivity index (χ0n) is 18.5. The molecule has 1 aliphatic heterocycles. The number of aryl methyl sites for hydroxylation is 1. The molecule has 5 rings (SSSR count). The van der Waals surface area contributed by atoms with Gasteiger partial charge in [0.25, 0.3) is 5.91 Å². The van der Waals surface area contributed by atoms with Crippen LogP contribution < -0.4 is 5.32 Å². The van der Waals surface area contributed by atoms with Gasteiger partial charge in [-0.2, -0.15) is 0 Å². The van der Waals surface area contributed by atoms with Crippen molar-refractivity contribution >= 4 is 39.1 Å². The van der Waals surface area contributed by atoms with Gasteiger partial charge in [0.05, 0.1) is 5.69 Å². The maximum atomic E-state index is 13.2. The smallest absolute Gasteiger partial charge is 0.254 e. The van der Waals surface area contributed by atoms with Gasteiger partial charge < -0.3 is 10.2 Å². The molecule has 1 aromatic heterocycles. The molecule has 0 unspecified atom stereocenters. The van der Waals surface area contributed by atoms with Crippen molar-refractivity contribution in [2.45, 2.75) is 19.8 Å². The fourth-order valence-electron chi connectivity index (χ4n) is 4.32. The Morgan fingerprint density at radius 3 is 2.48 bits per heavy atom. The number of anilines is 1. The van der Waals surface area contributed by atoms with Crippen LogP contribution in [0.4, 0.5) is 5.13 Å². The summed E-state index contributed by atoms with van der Waals surface area (Å²) in [6.07, 6.45) is 1.30. The molecule has 1 saturated heterocycles. The number of thiazole rings is 1. The number of likely N-dealkylation sites (tertiary alicyclic amines) is 1. The minimum atomic E-state index is -0.117. The standard InChI is InChI=1S/C27H25N3O2S/c1-18-9-11-20(12-10-18)24-17-33-27(28-24)29-25(31)21-13-15-30(16-14-21)26(32)23-8-4-6-19-5-2-3-7-22(19)23/h2-12,17,21H,13-16H2,1H3,(H,28,29,31). The Morgan fingerprint density at radius 1 is 0.970 bits per heavy atom. The first kappa shape index (κ1) is 21.3. The minimum Gasteiger partial charge on any atom is -0.339 e. The molecule has 4 aromatic rings. The number of piperidine rings is 1. The van der Waals surface area contributed by atoms with Crippen molar-refractivity contribution in [3.8, 4) is 11.3 Å². The van der Waals surface area contributed by atoms with E-state index in [0.29, 0.717) is 31.1 Å². The van der Waals surface area contributed by atoms with E-state index >= 15 is 0 Å². The largest absolute Gasteiger partial charge is 0.339 e. The summed E-state index contributed by atoms with van der Waals surface area (Å²) in [6, 6.07) is 22.0. The highest BCUT2D eigenvalue weighted by Gasteiger charge is 2.28. The lowest BCUT2D eigenvalue weighted by Crippen LogP contribution is -2.41. The SMILES string of the molecule is Cc1ccc(-c2csc(NC(=O)C3CCN(C(=O)c4cccc5ccccc45)CC3)n2)cc1. The van der Waals surface area contributed by atoms with E-state index in [1.54, 1.807) is 0 Å². The monoisotopic (exact) mass is 455 g/mol. The van der Waals surface area contributed by atoms with E-state index in [0.717, 1.165) is 27.6 Å². The van der Waals surface area contributed by atoms with Gasteiger partial charge in [-0.15, -0.1) is 11.3 Å². The number of amides is 2. The molecular weight excluding hydrogens is 430 g/mol. The number of aromatic nitrogens is 1. The molecule has 0 spiro atoms. The lowest BCUT2D eigenvalue weighted by Gasteiger charge is -2.31. The van der Waals surface area contributed by atoms with E-state index in [4.69, 9.17) is 0 Å². The van der Waals surface area contributed by atoms with Crippen LogP contribution in [0, 0.1) is 12.8 Å². The molecule has 0 saturated carbocycles. The molecular formula is C27H25N3O2S. The van der Waals surface area contributed by atoms with Crippen molar-refractivity contribution in [2.75, 3.05) is 18.4 Å². The third kappa shape index (κ3) is 4.52. The van der Waals surface area contributed by atoms with Crippen LogP contribution in [0.3, 0.4) is 0 Å². The fourth-order valence-corrected chi connectivity index (χ4v) is 5.05. The van der Waals surface area contributed by atoms with Crippen LogP contribution in [0.5, 0.6) is 0 Å². The van der Waals surface area contributed by atoms with E-state index in [2.05, 4.69) is 29.4 Å². The van der Waals surface area contributed by atoms with Crippen LogP contribution in [0.25, 0.3) is 22.0 Å². The molecule has 6 heteroatoms. The highest BCUT2D eigenvalue weighted by atomic mass is 32.1. The Balaban J connectivity index is 1.20. The number of nitrogens with zero attached hydrogens (tertiary/aromatic N) is 2. The van der Waals surface area contributed by atoms with Gasteiger partial charge in [0, 0.05) is 35.5 Å². The average molecular weight is 456 g/mol. The van der Waals surface area contributed by atoms with Gasteiger partial charge in [0.15, 0.2) is 5.13 Å². The highest BCUT2D eigenvalue weighted by Crippen LogP contribution is 2.27. The molecule has 2 heterocycles. The molecule has 3 aromatic carbocycles. The normalized spacial score (nSPS) is 14.4. The van der Waals surface area contributed by atoms with Crippen LogP contribution in [0.2, 0.25) is 0 Å². The third-order valence-corrected chi connectivity index (χ3v) is 7.01. The van der Waals surface area contributed by atoms with Crippen molar-refractivity contribution in [3.05, 3.63) is 83.2 Å². The van der Waals surface area contributed by atoms with Gasteiger partial charge in [-0.25, -0.2) is 4.98 Å². The molecule has 0 bridgehead atoms. The fraction of sp³-hybridized carbons (Fsp3) is 0.222. The number of rotatable bonds is 4. The Hall–Kier alpha value is -3.51. The minimum absolute atomic E-state index is 0.0166. The molecule has 33 heavy (non-hydrogen) atoms. The Morgan fingerprint density at radius 2 is 1.70 bits per heavy atom. The van der Waals surface area contributed by atoms with E-state index in [1.807, 2.05) is 64.9 Å². The first-order chi connectivity index (χ1) is 16.1. The summed E-state index contributed by atoms with van der Waals surface area (Å²) >= 11 is 1.44. The quantitative estimate of drug-likeness (QED) is 0.425. The number of nitrogens with one attached hydrogen (secondary N) is 1. The predicted molar refractivity (Wildman–Crippen MR) is 133 cm³/mol. The average Bonchev–Trinajstić information content (AvgIpc) is 3.32. The summed E-state index contributed by atoms with van der Waals surface area (Å²) in [7, 11) is 0. The second kappa shape index (κ2) is 9.16. The topological polar surface area (TPSA) is 62.3 Å². The van der Waals surface area contributed by atoms with Crippen LogP contribution in [-0.4, -0.2) is 34.8 Å². The number of benzene rings is 3. The summed E-state index contributed by atoms with van der Waals surface area (Å²) in [5.74, 6) is -0.0984. The lowest BCUT2D eigenvalue weighted by molar-refractivity contribution is -0.121. The van der Waals surface area contributed by atoms with Crippen LogP contribution in [0.1, 0.15) is 28.8 Å². The van der Waals surface area contributed by atoms with Gasteiger partial charge in [-0.1, -0.05) is 66.2 Å². The first-order valence-corrected chi connectivity index (χ1v) is 12.1.